The molecule has 2 aliphatic carbocycles. The Morgan fingerprint density at radius 2 is 2.06 bits per heavy atom. The molecule has 7 nitrogen and oxygen atoms in total. The van der Waals surface area contributed by atoms with E-state index in [1.807, 2.05) is 12.1 Å². The first-order chi connectivity index (χ1) is 15.9. The highest BCUT2D eigenvalue weighted by Gasteiger charge is 2.36. The van der Waals surface area contributed by atoms with Crippen LogP contribution in [-0.4, -0.2) is 46.6 Å². The molecule has 2 saturated carbocycles. The summed E-state index contributed by atoms with van der Waals surface area (Å²) in [5.74, 6) is -0.259. The molecule has 33 heavy (non-hydrogen) atoms. The van der Waals surface area contributed by atoms with Crippen LogP contribution in [0.25, 0.3) is 10.9 Å². The number of Topliss-reactive ketones (excluding diaryl/α,β-unsaturated/α-hetero) is 1. The summed E-state index contributed by atoms with van der Waals surface area (Å²) in [5.41, 5.74) is 1.04. The quantitative estimate of drug-likeness (QED) is 0.604. The minimum Gasteiger partial charge on any atom is -0.349 e. The van der Waals surface area contributed by atoms with Gasteiger partial charge in [-0.2, -0.15) is 5.26 Å². The van der Waals surface area contributed by atoms with Crippen LogP contribution in [0.4, 0.5) is 0 Å². The Bertz CT molecular complexity index is 1100. The summed E-state index contributed by atoms with van der Waals surface area (Å²) in [6.45, 7) is 0. The SMILES string of the molecule is CN(C(=O)c1cc2cccc(Cl)c2[nH]1)C(CC1CC1)C(=O)NC(C#N)CC1CCCCC1=O. The summed E-state index contributed by atoms with van der Waals surface area (Å²) in [7, 11) is 1.62. The molecule has 1 aromatic carbocycles. The van der Waals surface area contributed by atoms with Crippen LogP contribution in [0.3, 0.4) is 0 Å². The van der Waals surface area contributed by atoms with E-state index in [0.29, 0.717) is 41.4 Å². The molecule has 1 aromatic heterocycles. The van der Waals surface area contributed by atoms with Crippen molar-refractivity contribution in [3.63, 3.8) is 0 Å². The maximum atomic E-state index is 13.3. The number of fused-ring (bicyclic) bond motifs is 1. The molecular formula is C25H29ClN4O3. The van der Waals surface area contributed by atoms with Crippen LogP contribution >= 0.6 is 11.6 Å². The number of ketones is 1. The van der Waals surface area contributed by atoms with E-state index < -0.39 is 12.1 Å². The number of hydrogen-bond acceptors (Lipinski definition) is 4. The predicted molar refractivity (Wildman–Crippen MR) is 126 cm³/mol. The van der Waals surface area contributed by atoms with Crippen LogP contribution in [0.2, 0.25) is 5.02 Å². The predicted octanol–water partition coefficient (Wildman–Crippen LogP) is 4.22. The molecule has 0 bridgehead atoms. The number of aromatic nitrogens is 1. The monoisotopic (exact) mass is 468 g/mol. The Balaban J connectivity index is 1.48. The Morgan fingerprint density at radius 3 is 2.73 bits per heavy atom. The summed E-state index contributed by atoms with van der Waals surface area (Å²) >= 11 is 6.23. The highest BCUT2D eigenvalue weighted by Crippen LogP contribution is 2.35. The number of hydrogen-bond donors (Lipinski definition) is 2. The molecule has 2 N–H and O–H groups in total. The Hall–Kier alpha value is -2.85. The van der Waals surface area contributed by atoms with Gasteiger partial charge in [-0.3, -0.25) is 14.4 Å². The highest BCUT2D eigenvalue weighted by molar-refractivity contribution is 6.35. The van der Waals surface area contributed by atoms with Gasteiger partial charge in [0.15, 0.2) is 0 Å². The Kier molecular flexibility index (Phi) is 7.04. The fraction of sp³-hybridized carbons (Fsp3) is 0.520. The van der Waals surface area contributed by atoms with Crippen LogP contribution in [0.1, 0.15) is 61.9 Å². The third kappa shape index (κ3) is 5.39. The number of amides is 2. The number of likely N-dealkylation sites (N-methyl/N-ethyl adjacent to an activating group) is 1. The third-order valence-corrected chi connectivity index (χ3v) is 7.17. The van der Waals surface area contributed by atoms with E-state index in [-0.39, 0.29) is 23.5 Å². The molecule has 2 amide bonds. The van der Waals surface area contributed by atoms with Crippen molar-refractivity contribution in [3.8, 4) is 6.07 Å². The average Bonchev–Trinajstić information content (AvgIpc) is 3.52. The molecule has 0 spiro atoms. The van der Waals surface area contributed by atoms with Gasteiger partial charge in [-0.1, -0.05) is 43.0 Å². The largest absolute Gasteiger partial charge is 0.349 e. The fourth-order valence-corrected chi connectivity index (χ4v) is 4.91. The van der Waals surface area contributed by atoms with Gasteiger partial charge >= 0.3 is 0 Å². The van der Waals surface area contributed by atoms with Crippen molar-refractivity contribution >= 4 is 40.1 Å². The lowest BCUT2D eigenvalue weighted by Gasteiger charge is -2.29. The van der Waals surface area contributed by atoms with Crippen molar-refractivity contribution in [1.29, 1.82) is 5.26 Å². The number of para-hydroxylation sites is 1. The van der Waals surface area contributed by atoms with Crippen molar-refractivity contribution in [3.05, 3.63) is 35.0 Å². The van der Waals surface area contributed by atoms with Crippen molar-refractivity contribution in [2.45, 2.75) is 63.5 Å². The molecular weight excluding hydrogens is 440 g/mol. The number of nitrogens with one attached hydrogen (secondary N) is 2. The minimum atomic E-state index is -0.748. The molecule has 3 atom stereocenters. The number of carbonyl (C=O) groups is 3. The average molecular weight is 469 g/mol. The summed E-state index contributed by atoms with van der Waals surface area (Å²) in [5, 5.41) is 13.8. The highest BCUT2D eigenvalue weighted by atomic mass is 35.5. The molecule has 2 fully saturated rings. The number of H-pyrrole nitrogens is 1. The number of nitriles is 1. The second-order valence-electron chi connectivity index (χ2n) is 9.33. The molecule has 8 heteroatoms. The molecule has 174 valence electrons. The van der Waals surface area contributed by atoms with Gasteiger partial charge in [0.25, 0.3) is 5.91 Å². The van der Waals surface area contributed by atoms with Crippen LogP contribution in [0, 0.1) is 23.2 Å². The maximum Gasteiger partial charge on any atom is 0.270 e. The molecule has 0 radical (unpaired) electrons. The van der Waals surface area contributed by atoms with Crippen LogP contribution in [-0.2, 0) is 9.59 Å². The van der Waals surface area contributed by atoms with E-state index in [9.17, 15) is 19.6 Å². The van der Waals surface area contributed by atoms with Crippen LogP contribution < -0.4 is 5.32 Å². The standard InChI is InChI=1S/C25H29ClN4O3/c1-30(25(33)20-13-17-6-4-7-19(26)23(17)29-20)21(11-15-9-10-15)24(32)28-18(14-27)12-16-5-2-3-8-22(16)31/h4,6-7,13,15-16,18,21,29H,2-3,5,8-12H2,1H3,(H,28,32). The first kappa shape index (κ1) is 23.3. The summed E-state index contributed by atoms with van der Waals surface area (Å²) < 4.78 is 0. The van der Waals surface area contributed by atoms with Gasteiger partial charge < -0.3 is 15.2 Å². The summed E-state index contributed by atoms with van der Waals surface area (Å²) in [6, 6.07) is 7.87. The number of benzene rings is 1. The normalized spacial score (nSPS) is 20.2. The molecule has 2 aliphatic rings. The number of rotatable bonds is 8. The van der Waals surface area contributed by atoms with E-state index in [2.05, 4.69) is 16.4 Å². The summed E-state index contributed by atoms with van der Waals surface area (Å²) in [6.07, 6.45) is 6.13. The molecule has 0 saturated heterocycles. The number of nitrogens with zero attached hydrogens (tertiary/aromatic N) is 2. The molecule has 3 unspecified atom stereocenters. The van der Waals surface area contributed by atoms with Crippen molar-refractivity contribution < 1.29 is 14.4 Å². The van der Waals surface area contributed by atoms with Crippen LogP contribution in [0.5, 0.6) is 0 Å². The molecule has 2 aromatic rings. The fourth-order valence-electron chi connectivity index (χ4n) is 4.68. The molecule has 1 heterocycles. The van der Waals surface area contributed by atoms with E-state index >= 15 is 0 Å². The number of aromatic amines is 1. The minimum absolute atomic E-state index is 0.176. The van der Waals surface area contributed by atoms with Gasteiger partial charge in [0.05, 0.1) is 16.6 Å². The van der Waals surface area contributed by atoms with E-state index in [4.69, 9.17) is 11.6 Å². The third-order valence-electron chi connectivity index (χ3n) is 6.85. The van der Waals surface area contributed by atoms with E-state index in [0.717, 1.165) is 37.5 Å². The maximum absolute atomic E-state index is 13.3. The van der Waals surface area contributed by atoms with Gasteiger partial charge in [-0.25, -0.2) is 0 Å². The second kappa shape index (κ2) is 9.96. The van der Waals surface area contributed by atoms with Crippen molar-refractivity contribution in [2.75, 3.05) is 7.05 Å². The lowest BCUT2D eigenvalue weighted by Crippen LogP contribution is -2.51. The van der Waals surface area contributed by atoms with Gasteiger partial charge in [0, 0.05) is 24.8 Å². The number of halogens is 1. The smallest absolute Gasteiger partial charge is 0.270 e. The van der Waals surface area contributed by atoms with Gasteiger partial charge in [0.2, 0.25) is 5.91 Å². The first-order valence-corrected chi connectivity index (χ1v) is 12.0. The zero-order valence-corrected chi connectivity index (χ0v) is 19.5. The van der Waals surface area contributed by atoms with Gasteiger partial charge in [-0.15, -0.1) is 0 Å². The lowest BCUT2D eigenvalue weighted by atomic mass is 9.84. The van der Waals surface area contributed by atoms with E-state index in [1.54, 1.807) is 19.2 Å². The number of carbonyl (C=O) groups excluding carboxylic acids is 3. The topological polar surface area (TPSA) is 106 Å². The first-order valence-electron chi connectivity index (χ1n) is 11.6. The zero-order chi connectivity index (χ0) is 23.5. The zero-order valence-electron chi connectivity index (χ0n) is 18.8. The Labute approximate surface area is 198 Å². The van der Waals surface area contributed by atoms with Crippen molar-refractivity contribution in [1.82, 2.24) is 15.2 Å². The van der Waals surface area contributed by atoms with Gasteiger partial charge in [-0.05, 0) is 43.7 Å². The van der Waals surface area contributed by atoms with Gasteiger partial charge in [0.1, 0.15) is 23.6 Å². The van der Waals surface area contributed by atoms with Crippen molar-refractivity contribution in [2.24, 2.45) is 11.8 Å². The lowest BCUT2D eigenvalue weighted by molar-refractivity contribution is -0.128. The Morgan fingerprint density at radius 1 is 1.27 bits per heavy atom. The van der Waals surface area contributed by atoms with Crippen LogP contribution in [0.15, 0.2) is 24.3 Å². The summed E-state index contributed by atoms with van der Waals surface area (Å²) in [4.78, 5) is 43.2. The second-order valence-corrected chi connectivity index (χ2v) is 9.74. The molecule has 0 aliphatic heterocycles. The molecule has 4 rings (SSSR count). The van der Waals surface area contributed by atoms with E-state index in [1.165, 1.54) is 4.90 Å².